The van der Waals surface area contributed by atoms with Gasteiger partial charge in [-0.05, 0) is 25.2 Å². The zero-order valence-corrected chi connectivity index (χ0v) is 10.6. The molecule has 1 aliphatic heterocycles. The summed E-state index contributed by atoms with van der Waals surface area (Å²) in [4.78, 5) is 4.79. The van der Waals surface area contributed by atoms with E-state index in [0.29, 0.717) is 5.92 Å². The third-order valence-corrected chi connectivity index (χ3v) is 4.18. The summed E-state index contributed by atoms with van der Waals surface area (Å²) in [7, 11) is 2.12. The van der Waals surface area contributed by atoms with E-state index < -0.39 is 0 Å². The Labute approximate surface area is 102 Å². The van der Waals surface area contributed by atoms with Crippen LogP contribution in [0.4, 0.5) is 0 Å². The molecule has 0 radical (unpaired) electrons. The highest BCUT2D eigenvalue weighted by Crippen LogP contribution is 2.35. The van der Waals surface area contributed by atoms with Crippen LogP contribution in [0, 0.1) is 5.92 Å². The van der Waals surface area contributed by atoms with E-state index in [4.69, 9.17) is 15.5 Å². The van der Waals surface area contributed by atoms with Crippen molar-refractivity contribution in [1.29, 1.82) is 0 Å². The van der Waals surface area contributed by atoms with E-state index in [1.54, 1.807) is 0 Å². The van der Waals surface area contributed by atoms with Crippen molar-refractivity contribution in [2.24, 2.45) is 18.7 Å². The second-order valence-corrected chi connectivity index (χ2v) is 5.48. The molecule has 0 saturated carbocycles. The summed E-state index contributed by atoms with van der Waals surface area (Å²) < 4.78 is 8.07. The minimum Gasteiger partial charge on any atom is -0.370 e. The number of fused-ring (bicyclic) bond motifs is 1. The van der Waals surface area contributed by atoms with Gasteiger partial charge in [0.25, 0.3) is 0 Å². The average molecular weight is 235 g/mol. The van der Waals surface area contributed by atoms with Crippen molar-refractivity contribution in [3.05, 3.63) is 17.2 Å². The molecular weight excluding hydrogens is 214 g/mol. The van der Waals surface area contributed by atoms with E-state index in [1.807, 2.05) is 0 Å². The number of hydrogen-bond acceptors (Lipinski definition) is 3. The molecule has 4 nitrogen and oxygen atoms in total. The highest BCUT2D eigenvalue weighted by molar-refractivity contribution is 5.23. The molecule has 0 amide bonds. The van der Waals surface area contributed by atoms with Crippen molar-refractivity contribution in [2.75, 3.05) is 6.61 Å². The van der Waals surface area contributed by atoms with Gasteiger partial charge in [-0.1, -0.05) is 6.92 Å². The maximum absolute atomic E-state index is 6.01. The van der Waals surface area contributed by atoms with Gasteiger partial charge >= 0.3 is 0 Å². The van der Waals surface area contributed by atoms with Gasteiger partial charge in [-0.2, -0.15) is 0 Å². The van der Waals surface area contributed by atoms with Gasteiger partial charge < -0.3 is 15.0 Å². The highest BCUT2D eigenvalue weighted by atomic mass is 16.5. The molecule has 1 saturated heterocycles. The van der Waals surface area contributed by atoms with Crippen LogP contribution in [0.2, 0.25) is 0 Å². The van der Waals surface area contributed by atoms with Crippen LogP contribution < -0.4 is 5.73 Å². The Morgan fingerprint density at radius 1 is 1.41 bits per heavy atom. The summed E-state index contributed by atoms with van der Waals surface area (Å²) in [5.41, 5.74) is 8.57. The van der Waals surface area contributed by atoms with Gasteiger partial charge in [-0.3, -0.25) is 0 Å². The predicted octanol–water partition coefficient (Wildman–Crippen LogP) is 1.33. The first kappa shape index (κ1) is 11.2. The molecule has 1 aromatic rings. The number of rotatable bonds is 1. The number of aromatic nitrogens is 2. The molecule has 3 atom stereocenters. The smallest absolute Gasteiger partial charge is 0.138 e. The third-order valence-electron chi connectivity index (χ3n) is 4.18. The Bertz CT molecular complexity index is 427. The van der Waals surface area contributed by atoms with Gasteiger partial charge in [-0.15, -0.1) is 0 Å². The molecule has 1 aromatic heterocycles. The van der Waals surface area contributed by atoms with Gasteiger partial charge in [0.05, 0.1) is 5.69 Å². The van der Waals surface area contributed by atoms with Crippen LogP contribution in [0.5, 0.6) is 0 Å². The van der Waals surface area contributed by atoms with E-state index in [9.17, 15) is 0 Å². The van der Waals surface area contributed by atoms with E-state index in [-0.39, 0.29) is 12.1 Å². The average Bonchev–Trinajstić information content (AvgIpc) is 2.83. The number of imidazole rings is 1. The fraction of sp³-hybridized carbons (Fsp3) is 0.769. The fourth-order valence-corrected chi connectivity index (χ4v) is 3.04. The normalized spacial score (nSPS) is 32.8. The fourth-order valence-electron chi connectivity index (χ4n) is 3.04. The molecule has 4 heteroatoms. The summed E-state index contributed by atoms with van der Waals surface area (Å²) in [6.45, 7) is 3.11. The lowest BCUT2D eigenvalue weighted by atomic mass is 9.97. The van der Waals surface area contributed by atoms with Crippen molar-refractivity contribution in [1.82, 2.24) is 9.55 Å². The van der Waals surface area contributed by atoms with E-state index >= 15 is 0 Å². The van der Waals surface area contributed by atoms with Gasteiger partial charge in [0.1, 0.15) is 11.9 Å². The van der Waals surface area contributed by atoms with Crippen molar-refractivity contribution < 1.29 is 4.74 Å². The van der Waals surface area contributed by atoms with Crippen molar-refractivity contribution in [3.63, 3.8) is 0 Å². The molecule has 2 aliphatic rings. The van der Waals surface area contributed by atoms with Crippen molar-refractivity contribution in [2.45, 2.75) is 44.8 Å². The monoisotopic (exact) mass is 235 g/mol. The first-order valence-electron chi connectivity index (χ1n) is 6.58. The summed E-state index contributed by atoms with van der Waals surface area (Å²) in [6.07, 6.45) is 4.38. The zero-order chi connectivity index (χ0) is 12.0. The van der Waals surface area contributed by atoms with Crippen molar-refractivity contribution in [3.8, 4) is 0 Å². The van der Waals surface area contributed by atoms with Gasteiger partial charge in [0, 0.05) is 31.8 Å². The van der Waals surface area contributed by atoms with Crippen LogP contribution in [-0.2, 0) is 24.6 Å². The Kier molecular flexibility index (Phi) is 2.71. The summed E-state index contributed by atoms with van der Waals surface area (Å²) in [5, 5.41) is 0. The molecule has 94 valence electrons. The van der Waals surface area contributed by atoms with E-state index in [0.717, 1.165) is 38.1 Å². The van der Waals surface area contributed by atoms with Crippen LogP contribution in [0.3, 0.4) is 0 Å². The van der Waals surface area contributed by atoms with E-state index in [1.165, 1.54) is 11.4 Å². The standard InChI is InChI=1S/C13H21N3O/c1-8-5-6-17-12(8)13-15-10-7-9(14)3-4-11(10)16(13)2/h8-9,12H,3-7,14H2,1-2H3. The second kappa shape index (κ2) is 4.10. The van der Waals surface area contributed by atoms with Crippen molar-refractivity contribution >= 4 is 0 Å². The van der Waals surface area contributed by atoms with E-state index in [2.05, 4.69) is 18.5 Å². The summed E-state index contributed by atoms with van der Waals surface area (Å²) in [5.74, 6) is 1.68. The molecule has 1 aliphatic carbocycles. The molecule has 0 spiro atoms. The molecule has 2 N–H and O–H groups in total. The Balaban J connectivity index is 1.96. The summed E-state index contributed by atoms with van der Waals surface area (Å²) in [6, 6.07) is 0.284. The minimum absolute atomic E-state index is 0.182. The molecule has 0 bridgehead atoms. The van der Waals surface area contributed by atoms with Gasteiger partial charge in [0.2, 0.25) is 0 Å². The zero-order valence-electron chi connectivity index (χ0n) is 10.6. The topological polar surface area (TPSA) is 53.1 Å². The van der Waals surface area contributed by atoms with Crippen LogP contribution in [-0.4, -0.2) is 22.2 Å². The molecule has 1 fully saturated rings. The molecule has 3 rings (SSSR count). The number of nitrogens with zero attached hydrogens (tertiary/aromatic N) is 2. The Morgan fingerprint density at radius 2 is 2.24 bits per heavy atom. The van der Waals surface area contributed by atoms with Crippen LogP contribution in [0.15, 0.2) is 0 Å². The first-order valence-corrected chi connectivity index (χ1v) is 6.58. The number of hydrogen-bond donors (Lipinski definition) is 1. The van der Waals surface area contributed by atoms with Crippen LogP contribution in [0.25, 0.3) is 0 Å². The second-order valence-electron chi connectivity index (χ2n) is 5.48. The molecular formula is C13H21N3O. The predicted molar refractivity (Wildman–Crippen MR) is 65.7 cm³/mol. The number of ether oxygens (including phenoxy) is 1. The van der Waals surface area contributed by atoms with Crippen LogP contribution in [0.1, 0.15) is 43.1 Å². The van der Waals surface area contributed by atoms with Crippen LogP contribution >= 0.6 is 0 Å². The lowest BCUT2D eigenvalue weighted by molar-refractivity contribution is 0.0849. The maximum atomic E-state index is 6.01. The largest absolute Gasteiger partial charge is 0.370 e. The minimum atomic E-state index is 0.182. The number of nitrogens with two attached hydrogens (primary N) is 1. The highest BCUT2D eigenvalue weighted by Gasteiger charge is 2.32. The molecule has 2 heterocycles. The SMILES string of the molecule is CC1CCOC1c1nc2c(n1C)CCC(N)C2. The van der Waals surface area contributed by atoms with Gasteiger partial charge in [-0.25, -0.2) is 4.98 Å². The lowest BCUT2D eigenvalue weighted by Crippen LogP contribution is -2.28. The first-order chi connectivity index (χ1) is 8.16. The maximum Gasteiger partial charge on any atom is 0.138 e. The molecule has 3 unspecified atom stereocenters. The van der Waals surface area contributed by atoms with Gasteiger partial charge in [0.15, 0.2) is 0 Å². The lowest BCUT2D eigenvalue weighted by Gasteiger charge is -2.18. The third kappa shape index (κ3) is 1.79. The Morgan fingerprint density at radius 3 is 2.94 bits per heavy atom. The molecule has 17 heavy (non-hydrogen) atoms. The quantitative estimate of drug-likeness (QED) is 0.799. The molecule has 0 aromatic carbocycles. The Hall–Kier alpha value is -0.870. The summed E-state index contributed by atoms with van der Waals surface area (Å²) >= 11 is 0.